The third kappa shape index (κ3) is 2.26. The van der Waals surface area contributed by atoms with E-state index in [0.717, 1.165) is 6.61 Å². The van der Waals surface area contributed by atoms with E-state index in [9.17, 15) is 4.79 Å². The molecule has 0 radical (unpaired) electrons. The summed E-state index contributed by atoms with van der Waals surface area (Å²) in [5, 5.41) is 2.73. The van der Waals surface area contributed by atoms with E-state index in [4.69, 9.17) is 4.74 Å². The Morgan fingerprint density at radius 2 is 2.54 bits per heavy atom. The number of amides is 1. The number of hydrogen-bond donors (Lipinski definition) is 1. The van der Waals surface area contributed by atoms with Crippen LogP contribution in [-0.4, -0.2) is 30.1 Å². The second-order valence-corrected chi connectivity index (χ2v) is 2.88. The van der Waals surface area contributed by atoms with E-state index >= 15 is 0 Å². The Morgan fingerprint density at radius 3 is 3.15 bits per heavy atom. The smallest absolute Gasteiger partial charge is 0.269 e. The van der Waals surface area contributed by atoms with Crippen LogP contribution in [0.25, 0.3) is 0 Å². The van der Waals surface area contributed by atoms with Crippen molar-refractivity contribution in [3.05, 3.63) is 30.1 Å². The number of carbonyl (C=O) groups excluding carboxylic acids is 1. The molecule has 1 aliphatic rings. The minimum Gasteiger partial charge on any atom is -0.371 e. The van der Waals surface area contributed by atoms with Crippen LogP contribution in [0.1, 0.15) is 10.5 Å². The van der Waals surface area contributed by atoms with Gasteiger partial charge in [-0.25, -0.2) is 0 Å². The number of rotatable bonds is 3. The van der Waals surface area contributed by atoms with Crippen molar-refractivity contribution in [2.75, 3.05) is 13.2 Å². The van der Waals surface area contributed by atoms with Crippen molar-refractivity contribution in [3.63, 3.8) is 0 Å². The third-order valence-corrected chi connectivity index (χ3v) is 1.79. The summed E-state index contributed by atoms with van der Waals surface area (Å²) in [4.78, 5) is 15.3. The topological polar surface area (TPSA) is 54.5 Å². The highest BCUT2D eigenvalue weighted by Gasteiger charge is 2.22. The number of epoxide rings is 1. The summed E-state index contributed by atoms with van der Waals surface area (Å²) in [6.45, 7) is 1.33. The monoisotopic (exact) mass is 178 g/mol. The summed E-state index contributed by atoms with van der Waals surface area (Å²) in [6, 6.07) is 5.25. The molecule has 0 unspecified atom stereocenters. The van der Waals surface area contributed by atoms with E-state index in [-0.39, 0.29) is 12.0 Å². The van der Waals surface area contributed by atoms with Crippen LogP contribution in [0.3, 0.4) is 0 Å². The van der Waals surface area contributed by atoms with Gasteiger partial charge in [0.2, 0.25) is 0 Å². The number of hydrogen-bond acceptors (Lipinski definition) is 3. The van der Waals surface area contributed by atoms with Gasteiger partial charge in [-0.05, 0) is 12.1 Å². The van der Waals surface area contributed by atoms with Crippen molar-refractivity contribution in [1.29, 1.82) is 0 Å². The molecule has 2 rings (SSSR count). The molecule has 2 heterocycles. The van der Waals surface area contributed by atoms with Gasteiger partial charge in [-0.15, -0.1) is 0 Å². The fourth-order valence-corrected chi connectivity index (χ4v) is 0.980. The molecular weight excluding hydrogens is 168 g/mol. The van der Waals surface area contributed by atoms with Gasteiger partial charge < -0.3 is 10.1 Å². The van der Waals surface area contributed by atoms with Crippen LogP contribution >= 0.6 is 0 Å². The minimum absolute atomic E-state index is 0.142. The van der Waals surface area contributed by atoms with E-state index in [0.29, 0.717) is 12.2 Å². The van der Waals surface area contributed by atoms with Gasteiger partial charge in [0, 0.05) is 12.7 Å². The zero-order valence-electron chi connectivity index (χ0n) is 7.06. The van der Waals surface area contributed by atoms with Crippen molar-refractivity contribution in [2.45, 2.75) is 6.10 Å². The van der Waals surface area contributed by atoms with Gasteiger partial charge in [-0.1, -0.05) is 6.07 Å². The van der Waals surface area contributed by atoms with Gasteiger partial charge in [-0.3, -0.25) is 9.78 Å². The highest BCUT2D eigenvalue weighted by atomic mass is 16.6. The predicted molar refractivity (Wildman–Crippen MR) is 46.3 cm³/mol. The quantitative estimate of drug-likeness (QED) is 0.673. The molecule has 1 atom stereocenters. The van der Waals surface area contributed by atoms with Crippen molar-refractivity contribution in [1.82, 2.24) is 10.3 Å². The first-order valence-electron chi connectivity index (χ1n) is 4.17. The third-order valence-electron chi connectivity index (χ3n) is 1.79. The average Bonchev–Trinajstić information content (AvgIpc) is 2.99. The van der Waals surface area contributed by atoms with Crippen molar-refractivity contribution in [2.24, 2.45) is 0 Å². The van der Waals surface area contributed by atoms with Crippen LogP contribution in [-0.2, 0) is 4.74 Å². The first-order chi connectivity index (χ1) is 6.36. The van der Waals surface area contributed by atoms with Gasteiger partial charge in [0.25, 0.3) is 5.91 Å². The summed E-state index contributed by atoms with van der Waals surface area (Å²) in [6.07, 6.45) is 1.82. The molecule has 0 spiro atoms. The van der Waals surface area contributed by atoms with Gasteiger partial charge in [0.15, 0.2) is 0 Å². The Hall–Kier alpha value is -1.42. The van der Waals surface area contributed by atoms with Gasteiger partial charge in [0.05, 0.1) is 12.7 Å². The second-order valence-electron chi connectivity index (χ2n) is 2.88. The number of pyridine rings is 1. The van der Waals surface area contributed by atoms with E-state index in [2.05, 4.69) is 10.3 Å². The number of nitrogens with one attached hydrogen (secondary N) is 1. The zero-order chi connectivity index (χ0) is 9.10. The lowest BCUT2D eigenvalue weighted by molar-refractivity contribution is 0.0945. The van der Waals surface area contributed by atoms with Crippen molar-refractivity contribution >= 4 is 5.91 Å². The molecule has 4 nitrogen and oxygen atoms in total. The maximum atomic E-state index is 11.3. The SMILES string of the molecule is O=C(NC[C@H]1CO1)c1ccccn1. The standard InChI is InChI=1S/C9H10N2O2/c12-9(11-5-7-6-13-7)8-3-1-2-4-10-8/h1-4,7H,5-6H2,(H,11,12)/t7-/m0/s1. The maximum Gasteiger partial charge on any atom is 0.269 e. The molecule has 0 saturated carbocycles. The summed E-state index contributed by atoms with van der Waals surface area (Å²) < 4.78 is 4.96. The molecule has 68 valence electrons. The summed E-state index contributed by atoms with van der Waals surface area (Å²) in [5.74, 6) is -0.142. The van der Waals surface area contributed by atoms with Gasteiger partial charge in [0.1, 0.15) is 5.69 Å². The second kappa shape index (κ2) is 3.53. The Balaban J connectivity index is 1.89. The van der Waals surface area contributed by atoms with Gasteiger partial charge >= 0.3 is 0 Å². The van der Waals surface area contributed by atoms with Crippen LogP contribution < -0.4 is 5.32 Å². The van der Waals surface area contributed by atoms with Crippen molar-refractivity contribution in [3.8, 4) is 0 Å². The van der Waals surface area contributed by atoms with Crippen LogP contribution in [0.5, 0.6) is 0 Å². The first-order valence-corrected chi connectivity index (χ1v) is 4.17. The average molecular weight is 178 g/mol. The number of aromatic nitrogens is 1. The number of carbonyl (C=O) groups is 1. The first kappa shape index (κ1) is 8.19. The molecule has 1 aliphatic heterocycles. The lowest BCUT2D eigenvalue weighted by Crippen LogP contribution is -2.28. The molecule has 1 aromatic heterocycles. The van der Waals surface area contributed by atoms with Crippen LogP contribution in [0.2, 0.25) is 0 Å². The lowest BCUT2D eigenvalue weighted by Gasteiger charge is -2.00. The number of ether oxygens (including phenoxy) is 1. The molecule has 1 saturated heterocycles. The lowest BCUT2D eigenvalue weighted by atomic mass is 10.3. The molecule has 1 amide bonds. The van der Waals surface area contributed by atoms with E-state index < -0.39 is 0 Å². The summed E-state index contributed by atoms with van der Waals surface area (Å²) in [5.41, 5.74) is 0.447. The van der Waals surface area contributed by atoms with Crippen LogP contribution in [0, 0.1) is 0 Å². The van der Waals surface area contributed by atoms with E-state index in [1.165, 1.54) is 0 Å². The molecular formula is C9H10N2O2. The molecule has 0 aliphatic carbocycles. The molecule has 1 aromatic rings. The predicted octanol–water partition coefficient (Wildman–Crippen LogP) is 0.210. The fraction of sp³-hybridized carbons (Fsp3) is 0.333. The van der Waals surface area contributed by atoms with E-state index in [1.807, 2.05) is 0 Å². The Bertz CT molecular complexity index is 296. The fourth-order valence-electron chi connectivity index (χ4n) is 0.980. The highest BCUT2D eigenvalue weighted by Crippen LogP contribution is 2.06. The molecule has 1 fully saturated rings. The molecule has 0 bridgehead atoms. The maximum absolute atomic E-state index is 11.3. The highest BCUT2D eigenvalue weighted by molar-refractivity contribution is 5.92. The summed E-state index contributed by atoms with van der Waals surface area (Å²) >= 11 is 0. The molecule has 1 N–H and O–H groups in total. The normalized spacial score (nSPS) is 19.5. The number of nitrogens with zero attached hydrogens (tertiary/aromatic N) is 1. The zero-order valence-corrected chi connectivity index (χ0v) is 7.06. The van der Waals surface area contributed by atoms with Gasteiger partial charge in [-0.2, -0.15) is 0 Å². The molecule has 13 heavy (non-hydrogen) atoms. The summed E-state index contributed by atoms with van der Waals surface area (Å²) in [7, 11) is 0. The molecule has 0 aromatic carbocycles. The molecule has 4 heteroatoms. The minimum atomic E-state index is -0.142. The van der Waals surface area contributed by atoms with E-state index in [1.54, 1.807) is 24.4 Å². The Morgan fingerprint density at radius 1 is 1.69 bits per heavy atom. The van der Waals surface area contributed by atoms with Crippen LogP contribution in [0.4, 0.5) is 0 Å². The van der Waals surface area contributed by atoms with Crippen molar-refractivity contribution < 1.29 is 9.53 Å². The Kier molecular flexibility index (Phi) is 2.23. The largest absolute Gasteiger partial charge is 0.371 e. The van der Waals surface area contributed by atoms with Crippen LogP contribution in [0.15, 0.2) is 24.4 Å². The Labute approximate surface area is 75.9 Å².